The number of carbonyl (C=O) groups is 1. The highest BCUT2D eigenvalue weighted by atomic mass is 35.5. The number of hydrogen-bond donors (Lipinski definition) is 1. The fraction of sp³-hybridized carbons (Fsp3) is 0.412. The maximum atomic E-state index is 13.0. The first-order valence-electron chi connectivity index (χ1n) is 8.56. The van der Waals surface area contributed by atoms with Gasteiger partial charge in [-0.05, 0) is 38.0 Å². The number of anilines is 1. The number of rotatable bonds is 5. The number of piperidine rings is 1. The Hall–Kier alpha value is -1.90. The molecular formula is C17H21ClN4O3S. The average Bonchev–Trinajstić information content (AvgIpc) is 3.08. The van der Waals surface area contributed by atoms with Gasteiger partial charge in [-0.1, -0.05) is 24.1 Å². The topological polar surface area (TPSA) is 84.3 Å². The van der Waals surface area contributed by atoms with Crippen LogP contribution in [-0.2, 0) is 16.6 Å². The van der Waals surface area contributed by atoms with E-state index in [1.807, 2.05) is 6.92 Å². The monoisotopic (exact) mass is 396 g/mol. The van der Waals surface area contributed by atoms with Gasteiger partial charge in [0.1, 0.15) is 0 Å². The van der Waals surface area contributed by atoms with Gasteiger partial charge < -0.3 is 5.32 Å². The summed E-state index contributed by atoms with van der Waals surface area (Å²) in [6, 6.07) is 6.69. The van der Waals surface area contributed by atoms with Crippen LogP contribution in [0.2, 0.25) is 5.02 Å². The third-order valence-corrected chi connectivity index (χ3v) is 6.35. The smallest absolute Gasteiger partial charge is 0.263 e. The van der Waals surface area contributed by atoms with Crippen molar-refractivity contribution >= 4 is 33.2 Å². The van der Waals surface area contributed by atoms with E-state index in [4.69, 9.17) is 11.6 Å². The molecule has 3 rings (SSSR count). The highest BCUT2D eigenvalue weighted by molar-refractivity contribution is 7.89. The zero-order chi connectivity index (χ0) is 18.7. The van der Waals surface area contributed by atoms with E-state index in [1.54, 1.807) is 24.3 Å². The molecule has 2 aromatic rings. The fourth-order valence-corrected chi connectivity index (χ4v) is 4.71. The molecule has 9 heteroatoms. The van der Waals surface area contributed by atoms with Crippen molar-refractivity contribution in [3.63, 3.8) is 0 Å². The Bertz CT molecular complexity index is 904. The molecule has 1 N–H and O–H groups in total. The summed E-state index contributed by atoms with van der Waals surface area (Å²) >= 11 is 5.94. The summed E-state index contributed by atoms with van der Waals surface area (Å²) in [7, 11) is -3.81. The molecule has 140 valence electrons. The first kappa shape index (κ1) is 18.9. The molecule has 0 saturated carbocycles. The summed E-state index contributed by atoms with van der Waals surface area (Å²) in [6.45, 7) is 3.21. The standard InChI is InChI=1S/C17H21ClN4O3S/c1-2-21-12-15(16(23)19-14-8-6-7-13(18)11-14)17(20-21)26(24,25)22-9-4-3-5-10-22/h6-8,11-12H,2-5,9-10H2,1H3,(H,19,23). The lowest BCUT2D eigenvalue weighted by molar-refractivity contribution is 0.102. The van der Waals surface area contributed by atoms with Gasteiger partial charge in [-0.15, -0.1) is 0 Å². The third-order valence-electron chi connectivity index (χ3n) is 4.28. The number of benzene rings is 1. The predicted octanol–water partition coefficient (Wildman–Crippen LogP) is 2.98. The molecule has 26 heavy (non-hydrogen) atoms. The second kappa shape index (κ2) is 7.77. The lowest BCUT2D eigenvalue weighted by Crippen LogP contribution is -2.36. The number of amides is 1. The number of nitrogens with one attached hydrogen (secondary N) is 1. The Kier molecular flexibility index (Phi) is 5.64. The molecule has 7 nitrogen and oxygen atoms in total. The zero-order valence-corrected chi connectivity index (χ0v) is 16.1. The molecule has 1 amide bonds. The summed E-state index contributed by atoms with van der Waals surface area (Å²) in [5.74, 6) is -0.525. The summed E-state index contributed by atoms with van der Waals surface area (Å²) in [5.41, 5.74) is 0.533. The zero-order valence-electron chi connectivity index (χ0n) is 14.5. The van der Waals surface area contributed by atoms with Crippen molar-refractivity contribution in [3.8, 4) is 0 Å². The van der Waals surface area contributed by atoms with Gasteiger partial charge in [0.2, 0.25) is 5.03 Å². The summed E-state index contributed by atoms with van der Waals surface area (Å²) in [5, 5.41) is 7.13. The van der Waals surface area contributed by atoms with Crippen molar-refractivity contribution in [3.05, 3.63) is 41.0 Å². The number of aromatic nitrogens is 2. The van der Waals surface area contributed by atoms with E-state index < -0.39 is 15.9 Å². The molecule has 1 aliphatic heterocycles. The van der Waals surface area contributed by atoms with Crippen LogP contribution in [0.15, 0.2) is 35.5 Å². The van der Waals surface area contributed by atoms with Crippen LogP contribution in [0, 0.1) is 0 Å². The summed E-state index contributed by atoms with van der Waals surface area (Å²) < 4.78 is 28.9. The largest absolute Gasteiger partial charge is 0.322 e. The minimum Gasteiger partial charge on any atom is -0.322 e. The van der Waals surface area contributed by atoms with E-state index in [1.165, 1.54) is 15.2 Å². The quantitative estimate of drug-likeness (QED) is 0.841. The summed E-state index contributed by atoms with van der Waals surface area (Å²) in [6.07, 6.45) is 4.11. The van der Waals surface area contributed by atoms with Gasteiger partial charge in [0.25, 0.3) is 15.9 Å². The van der Waals surface area contributed by atoms with Gasteiger partial charge in [0, 0.05) is 36.5 Å². The Morgan fingerprint density at radius 1 is 1.27 bits per heavy atom. The van der Waals surface area contributed by atoms with Crippen LogP contribution in [0.4, 0.5) is 5.69 Å². The van der Waals surface area contributed by atoms with Gasteiger partial charge in [0.05, 0.1) is 5.56 Å². The lowest BCUT2D eigenvalue weighted by atomic mass is 10.2. The Balaban J connectivity index is 1.94. The number of halogens is 1. The fourth-order valence-electron chi connectivity index (χ4n) is 2.90. The van der Waals surface area contributed by atoms with Gasteiger partial charge in [0.15, 0.2) is 0 Å². The normalized spacial score (nSPS) is 15.8. The molecular weight excluding hydrogens is 376 g/mol. The molecule has 1 fully saturated rings. The van der Waals surface area contributed by atoms with Crippen LogP contribution < -0.4 is 5.32 Å². The van der Waals surface area contributed by atoms with E-state index in [-0.39, 0.29) is 10.6 Å². The van der Waals surface area contributed by atoms with E-state index >= 15 is 0 Å². The first-order chi connectivity index (χ1) is 12.4. The van der Waals surface area contributed by atoms with Crippen LogP contribution in [0.1, 0.15) is 36.5 Å². The molecule has 1 aliphatic rings. The van der Waals surface area contributed by atoms with E-state index in [9.17, 15) is 13.2 Å². The van der Waals surface area contributed by atoms with Crippen LogP contribution >= 0.6 is 11.6 Å². The second-order valence-corrected chi connectivity index (χ2v) is 8.42. The Morgan fingerprint density at radius 3 is 2.65 bits per heavy atom. The van der Waals surface area contributed by atoms with Crippen molar-refractivity contribution in [2.24, 2.45) is 0 Å². The molecule has 0 radical (unpaired) electrons. The van der Waals surface area contributed by atoms with Crippen molar-refractivity contribution < 1.29 is 13.2 Å². The highest BCUT2D eigenvalue weighted by Gasteiger charge is 2.33. The number of carbonyl (C=O) groups excluding carboxylic acids is 1. The van der Waals surface area contributed by atoms with Crippen molar-refractivity contribution in [2.75, 3.05) is 18.4 Å². The van der Waals surface area contributed by atoms with E-state index in [2.05, 4.69) is 10.4 Å². The molecule has 0 atom stereocenters. The first-order valence-corrected chi connectivity index (χ1v) is 10.4. The minimum absolute atomic E-state index is 0.0393. The maximum absolute atomic E-state index is 13.0. The van der Waals surface area contributed by atoms with Crippen molar-refractivity contribution in [1.29, 1.82) is 0 Å². The number of hydrogen-bond acceptors (Lipinski definition) is 4. The van der Waals surface area contributed by atoms with E-state index in [0.29, 0.717) is 30.3 Å². The summed E-state index contributed by atoms with van der Waals surface area (Å²) in [4.78, 5) is 12.7. The molecule has 2 heterocycles. The number of aryl methyl sites for hydroxylation is 1. The molecule has 1 saturated heterocycles. The number of nitrogens with zero attached hydrogens (tertiary/aromatic N) is 3. The van der Waals surface area contributed by atoms with Gasteiger partial charge in [-0.2, -0.15) is 9.40 Å². The minimum atomic E-state index is -3.81. The van der Waals surface area contributed by atoms with Gasteiger partial charge in [-0.3, -0.25) is 9.48 Å². The third kappa shape index (κ3) is 3.92. The average molecular weight is 397 g/mol. The van der Waals surface area contributed by atoms with Crippen LogP contribution in [-0.4, -0.2) is 41.5 Å². The number of sulfonamides is 1. The molecule has 0 spiro atoms. The molecule has 1 aromatic carbocycles. The van der Waals surface area contributed by atoms with Crippen LogP contribution in [0.5, 0.6) is 0 Å². The van der Waals surface area contributed by atoms with Crippen LogP contribution in [0.3, 0.4) is 0 Å². The van der Waals surface area contributed by atoms with Gasteiger partial charge in [-0.25, -0.2) is 8.42 Å². The molecule has 0 aliphatic carbocycles. The highest BCUT2D eigenvalue weighted by Crippen LogP contribution is 2.24. The lowest BCUT2D eigenvalue weighted by Gasteiger charge is -2.25. The van der Waals surface area contributed by atoms with Crippen molar-refractivity contribution in [2.45, 2.75) is 37.8 Å². The Morgan fingerprint density at radius 2 is 2.00 bits per heavy atom. The predicted molar refractivity (Wildman–Crippen MR) is 99.9 cm³/mol. The maximum Gasteiger partial charge on any atom is 0.263 e. The van der Waals surface area contributed by atoms with E-state index in [0.717, 1.165) is 19.3 Å². The Labute approximate surface area is 158 Å². The molecule has 1 aromatic heterocycles. The van der Waals surface area contributed by atoms with Crippen LogP contribution in [0.25, 0.3) is 0 Å². The second-order valence-electron chi connectivity index (χ2n) is 6.13. The van der Waals surface area contributed by atoms with Gasteiger partial charge >= 0.3 is 0 Å². The van der Waals surface area contributed by atoms with Crippen molar-refractivity contribution in [1.82, 2.24) is 14.1 Å². The SMILES string of the molecule is CCn1cc(C(=O)Nc2cccc(Cl)c2)c(S(=O)(=O)N2CCCCC2)n1. The molecule has 0 bridgehead atoms. The molecule has 0 unspecified atom stereocenters.